The van der Waals surface area contributed by atoms with Crippen molar-refractivity contribution in [1.29, 1.82) is 0 Å². The minimum absolute atomic E-state index is 0.111. The first-order chi connectivity index (χ1) is 17.0. The van der Waals surface area contributed by atoms with Crippen LogP contribution in [0.5, 0.6) is 0 Å². The quantitative estimate of drug-likeness (QED) is 0.427. The van der Waals surface area contributed by atoms with Gasteiger partial charge in [-0.2, -0.15) is 0 Å². The molecule has 1 saturated carbocycles. The second-order valence-corrected chi connectivity index (χ2v) is 8.82. The third kappa shape index (κ3) is 6.99. The van der Waals surface area contributed by atoms with Crippen LogP contribution < -0.4 is 0 Å². The molecule has 0 saturated heterocycles. The van der Waals surface area contributed by atoms with Crippen LogP contribution in [0.3, 0.4) is 0 Å². The van der Waals surface area contributed by atoms with Crippen LogP contribution in [0.4, 0.5) is 0 Å². The van der Waals surface area contributed by atoms with E-state index < -0.39 is 42.1 Å². The number of esters is 2. The molecule has 0 radical (unpaired) electrons. The number of carbonyl (C=O) groups excluding carboxylic acids is 3. The first-order valence-corrected chi connectivity index (χ1v) is 12.0. The van der Waals surface area contributed by atoms with Crippen LogP contribution in [0.15, 0.2) is 60.7 Å². The largest absolute Gasteiger partial charge is 0.455 e. The lowest BCUT2D eigenvalue weighted by Crippen LogP contribution is -2.46. The Morgan fingerprint density at radius 3 is 1.60 bits per heavy atom. The highest BCUT2D eigenvalue weighted by molar-refractivity contribution is 5.86. The van der Waals surface area contributed by atoms with Gasteiger partial charge in [0.15, 0.2) is 24.1 Å². The second-order valence-electron chi connectivity index (χ2n) is 8.82. The van der Waals surface area contributed by atoms with E-state index in [9.17, 15) is 14.4 Å². The Morgan fingerprint density at radius 1 is 0.714 bits per heavy atom. The average Bonchev–Trinajstić information content (AvgIpc) is 2.88. The SMILES string of the molecule is CO[C@@H](C(=O)O[C@H](C(C)=O)[C@@H](OC(=O)[C@H](OC)c1ccccc1)C1CCCCC1)c1ccccc1. The van der Waals surface area contributed by atoms with Crippen LogP contribution in [0.2, 0.25) is 0 Å². The van der Waals surface area contributed by atoms with Gasteiger partial charge in [-0.3, -0.25) is 4.79 Å². The summed E-state index contributed by atoms with van der Waals surface area (Å²) in [4.78, 5) is 39.1. The highest BCUT2D eigenvalue weighted by Crippen LogP contribution is 2.33. The Morgan fingerprint density at radius 2 is 1.17 bits per heavy atom. The lowest BCUT2D eigenvalue weighted by atomic mass is 9.82. The Hall–Kier alpha value is -3.03. The number of methoxy groups -OCH3 is 2. The minimum Gasteiger partial charge on any atom is -0.455 e. The maximum Gasteiger partial charge on any atom is 0.340 e. The molecule has 188 valence electrons. The molecule has 0 heterocycles. The molecule has 7 heteroatoms. The van der Waals surface area contributed by atoms with E-state index in [2.05, 4.69) is 0 Å². The fraction of sp³-hybridized carbons (Fsp3) is 0.464. The molecule has 3 rings (SSSR count). The van der Waals surface area contributed by atoms with Crippen molar-refractivity contribution < 1.29 is 33.3 Å². The first kappa shape index (κ1) is 26.6. The zero-order valence-corrected chi connectivity index (χ0v) is 20.6. The lowest BCUT2D eigenvalue weighted by Gasteiger charge is -2.35. The standard InChI is InChI=1S/C28H34O7/c1-19(29)23(34-27(30)25(32-2)21-15-9-5-10-16-21)24(20-13-7-4-8-14-20)35-28(31)26(33-3)22-17-11-6-12-18-22/h5-6,9-12,15-18,20,23-26H,4,7-8,13-14H2,1-3H3/t23-,24+,25-,26-/m1/s1. The molecule has 1 aliphatic carbocycles. The van der Waals surface area contributed by atoms with Gasteiger partial charge in [0.25, 0.3) is 0 Å². The van der Waals surface area contributed by atoms with Gasteiger partial charge in [0.1, 0.15) is 6.10 Å². The van der Waals surface area contributed by atoms with Crippen LogP contribution in [-0.2, 0) is 33.3 Å². The smallest absolute Gasteiger partial charge is 0.340 e. The Balaban J connectivity index is 1.85. The summed E-state index contributed by atoms with van der Waals surface area (Å²) < 4.78 is 22.5. The van der Waals surface area contributed by atoms with Crippen molar-refractivity contribution in [2.45, 2.75) is 63.4 Å². The summed E-state index contributed by atoms with van der Waals surface area (Å²) in [6.45, 7) is 1.34. The summed E-state index contributed by atoms with van der Waals surface area (Å²) in [5.41, 5.74) is 1.25. The normalized spacial score (nSPS) is 17.6. The molecule has 0 amide bonds. The number of hydrogen-bond donors (Lipinski definition) is 0. The van der Waals surface area contributed by atoms with E-state index in [1.165, 1.54) is 21.1 Å². The van der Waals surface area contributed by atoms with Crippen molar-refractivity contribution in [3.05, 3.63) is 71.8 Å². The van der Waals surface area contributed by atoms with Crippen molar-refractivity contribution in [2.24, 2.45) is 5.92 Å². The van der Waals surface area contributed by atoms with E-state index in [1.807, 2.05) is 24.3 Å². The monoisotopic (exact) mass is 482 g/mol. The summed E-state index contributed by atoms with van der Waals surface area (Å²) in [7, 11) is 2.84. The Bertz CT molecular complexity index is 954. The van der Waals surface area contributed by atoms with Crippen LogP contribution in [-0.4, -0.2) is 44.1 Å². The first-order valence-electron chi connectivity index (χ1n) is 12.0. The van der Waals surface area contributed by atoms with Gasteiger partial charge in [0.2, 0.25) is 0 Å². The maximum absolute atomic E-state index is 13.2. The molecule has 7 nitrogen and oxygen atoms in total. The number of ether oxygens (including phenoxy) is 4. The topological polar surface area (TPSA) is 88.1 Å². The molecule has 4 atom stereocenters. The van der Waals surface area contributed by atoms with Crippen molar-refractivity contribution in [3.8, 4) is 0 Å². The molecule has 0 unspecified atom stereocenters. The van der Waals surface area contributed by atoms with Crippen LogP contribution in [0, 0.1) is 5.92 Å². The van der Waals surface area contributed by atoms with Gasteiger partial charge in [0, 0.05) is 20.1 Å². The predicted octanol–water partition coefficient (Wildman–Crippen LogP) is 4.75. The Kier molecular flexibility index (Phi) is 9.99. The fourth-order valence-electron chi connectivity index (χ4n) is 4.62. The second kappa shape index (κ2) is 13.2. The van der Waals surface area contributed by atoms with E-state index in [4.69, 9.17) is 18.9 Å². The summed E-state index contributed by atoms with van der Waals surface area (Å²) in [6, 6.07) is 17.9. The number of Topliss-reactive ketones (excluding diaryl/α,β-unsaturated/α-hetero) is 1. The number of hydrogen-bond acceptors (Lipinski definition) is 7. The summed E-state index contributed by atoms with van der Waals surface area (Å²) in [5, 5.41) is 0. The van der Waals surface area contributed by atoms with Crippen molar-refractivity contribution in [1.82, 2.24) is 0 Å². The predicted molar refractivity (Wildman–Crippen MR) is 129 cm³/mol. The maximum atomic E-state index is 13.2. The molecule has 0 N–H and O–H groups in total. The minimum atomic E-state index is -1.25. The molecule has 35 heavy (non-hydrogen) atoms. The summed E-state index contributed by atoms with van der Waals surface area (Å²) in [5.74, 6) is -1.83. The highest BCUT2D eigenvalue weighted by Gasteiger charge is 2.41. The molecule has 0 bridgehead atoms. The van der Waals surface area contributed by atoms with Gasteiger partial charge in [-0.05, 0) is 30.9 Å². The molecule has 2 aromatic rings. The third-order valence-electron chi connectivity index (χ3n) is 6.41. The van der Waals surface area contributed by atoms with Crippen molar-refractivity contribution >= 4 is 17.7 Å². The fourth-order valence-corrected chi connectivity index (χ4v) is 4.62. The number of carbonyl (C=O) groups is 3. The van der Waals surface area contributed by atoms with Gasteiger partial charge in [-0.25, -0.2) is 9.59 Å². The van der Waals surface area contributed by atoms with Gasteiger partial charge in [-0.15, -0.1) is 0 Å². The molecular weight excluding hydrogens is 448 g/mol. The molecule has 0 spiro atoms. The molecule has 1 aliphatic rings. The van der Waals surface area contributed by atoms with Crippen LogP contribution >= 0.6 is 0 Å². The highest BCUT2D eigenvalue weighted by atomic mass is 16.6. The van der Waals surface area contributed by atoms with Crippen molar-refractivity contribution in [3.63, 3.8) is 0 Å². The van der Waals surface area contributed by atoms with E-state index in [0.717, 1.165) is 32.1 Å². The van der Waals surface area contributed by atoms with Gasteiger partial charge >= 0.3 is 11.9 Å². The zero-order valence-electron chi connectivity index (χ0n) is 20.6. The van der Waals surface area contributed by atoms with E-state index in [0.29, 0.717) is 11.1 Å². The third-order valence-corrected chi connectivity index (χ3v) is 6.41. The van der Waals surface area contributed by atoms with Crippen LogP contribution in [0.1, 0.15) is 62.4 Å². The van der Waals surface area contributed by atoms with Gasteiger partial charge in [-0.1, -0.05) is 79.9 Å². The number of rotatable bonds is 11. The zero-order chi connectivity index (χ0) is 25.2. The van der Waals surface area contributed by atoms with Crippen LogP contribution in [0.25, 0.3) is 0 Å². The summed E-state index contributed by atoms with van der Waals surface area (Å²) >= 11 is 0. The molecule has 0 aliphatic heterocycles. The number of ketones is 1. The number of benzene rings is 2. The molecule has 0 aromatic heterocycles. The molecular formula is C28H34O7. The summed E-state index contributed by atoms with van der Waals surface area (Å²) in [6.07, 6.45) is 0.402. The molecule has 2 aromatic carbocycles. The molecule has 1 fully saturated rings. The van der Waals surface area contributed by atoms with E-state index in [1.54, 1.807) is 36.4 Å². The average molecular weight is 483 g/mol. The van der Waals surface area contributed by atoms with E-state index >= 15 is 0 Å². The van der Waals surface area contributed by atoms with E-state index in [-0.39, 0.29) is 5.92 Å². The Labute approximate surface area is 206 Å². The van der Waals surface area contributed by atoms with Gasteiger partial charge < -0.3 is 18.9 Å². The lowest BCUT2D eigenvalue weighted by molar-refractivity contribution is -0.187. The van der Waals surface area contributed by atoms with Gasteiger partial charge in [0.05, 0.1) is 0 Å². The van der Waals surface area contributed by atoms with Crippen molar-refractivity contribution in [2.75, 3.05) is 14.2 Å².